The first-order valence-corrected chi connectivity index (χ1v) is 8.40. The van der Waals surface area contributed by atoms with Gasteiger partial charge in [0.15, 0.2) is 0 Å². The number of benzene rings is 2. The Balaban J connectivity index is 1.66. The molecule has 3 rings (SSSR count). The van der Waals surface area contributed by atoms with Gasteiger partial charge in [0.2, 0.25) is 0 Å². The molecule has 1 aromatic heterocycles. The molecule has 0 aliphatic rings. The maximum Gasteiger partial charge on any atom is 0.321 e. The number of hydrogen-bond acceptors (Lipinski definition) is 3. The number of ether oxygens (including phenoxy) is 1. The molecule has 1 atom stereocenters. The third-order valence-corrected chi connectivity index (χ3v) is 4.18. The number of aromatic amines is 1. The molecule has 0 saturated carbocycles. The standard InChI is InChI=1S/C20H22N2O3/c1-2-25-16-9-7-14(8-10-16)12-21-19(20(23)24)11-15-13-22-18-6-4-3-5-17(15)18/h3-10,13,19,21-22H,2,11-12H2,1H3,(H,23,24)/t19-/m1/s1. The highest BCUT2D eigenvalue weighted by atomic mass is 16.5. The first kappa shape index (κ1) is 17.0. The lowest BCUT2D eigenvalue weighted by atomic mass is 10.0. The van der Waals surface area contributed by atoms with Crippen LogP contribution in [0, 0.1) is 0 Å². The molecule has 5 heteroatoms. The molecular formula is C20H22N2O3. The van der Waals surface area contributed by atoms with Crippen LogP contribution in [0.15, 0.2) is 54.7 Å². The van der Waals surface area contributed by atoms with Crippen LogP contribution in [-0.4, -0.2) is 28.7 Å². The number of aliphatic carboxylic acids is 1. The number of carboxylic acids is 1. The minimum absolute atomic E-state index is 0.427. The zero-order valence-electron chi connectivity index (χ0n) is 14.2. The van der Waals surface area contributed by atoms with Crippen molar-refractivity contribution >= 4 is 16.9 Å². The molecule has 0 saturated heterocycles. The molecule has 5 nitrogen and oxygen atoms in total. The Labute approximate surface area is 146 Å². The summed E-state index contributed by atoms with van der Waals surface area (Å²) in [6.07, 6.45) is 2.32. The monoisotopic (exact) mass is 338 g/mol. The highest BCUT2D eigenvalue weighted by molar-refractivity contribution is 5.84. The lowest BCUT2D eigenvalue weighted by molar-refractivity contribution is -0.139. The molecule has 25 heavy (non-hydrogen) atoms. The summed E-state index contributed by atoms with van der Waals surface area (Å²) in [5, 5.41) is 13.7. The molecule has 1 heterocycles. The minimum Gasteiger partial charge on any atom is -0.494 e. The summed E-state index contributed by atoms with van der Waals surface area (Å²) in [5.74, 6) is -0.0314. The average Bonchev–Trinajstić information content (AvgIpc) is 3.03. The van der Waals surface area contributed by atoms with E-state index in [1.54, 1.807) is 0 Å². The quantitative estimate of drug-likeness (QED) is 0.589. The smallest absolute Gasteiger partial charge is 0.321 e. The van der Waals surface area contributed by atoms with Gasteiger partial charge in [0.1, 0.15) is 11.8 Å². The fourth-order valence-corrected chi connectivity index (χ4v) is 2.88. The predicted molar refractivity (Wildman–Crippen MR) is 97.9 cm³/mol. The van der Waals surface area contributed by atoms with Crippen LogP contribution in [0.2, 0.25) is 0 Å². The second-order valence-electron chi connectivity index (χ2n) is 5.91. The molecule has 0 bridgehead atoms. The highest BCUT2D eigenvalue weighted by Crippen LogP contribution is 2.19. The SMILES string of the molecule is CCOc1ccc(CN[C@H](Cc2c[nH]c3ccccc23)C(=O)O)cc1. The van der Waals surface area contributed by atoms with Gasteiger partial charge < -0.3 is 20.1 Å². The van der Waals surface area contributed by atoms with E-state index in [4.69, 9.17) is 4.74 Å². The first-order chi connectivity index (χ1) is 12.2. The molecule has 130 valence electrons. The number of carboxylic acid groups (broad SMARTS) is 1. The second-order valence-corrected chi connectivity index (χ2v) is 5.91. The number of carbonyl (C=O) groups is 1. The van der Waals surface area contributed by atoms with Crippen molar-refractivity contribution < 1.29 is 14.6 Å². The van der Waals surface area contributed by atoms with Crippen molar-refractivity contribution in [3.63, 3.8) is 0 Å². The van der Waals surface area contributed by atoms with E-state index >= 15 is 0 Å². The van der Waals surface area contributed by atoms with Gasteiger partial charge in [0, 0.05) is 30.1 Å². The van der Waals surface area contributed by atoms with Crippen molar-refractivity contribution in [2.24, 2.45) is 0 Å². The van der Waals surface area contributed by atoms with Crippen LogP contribution in [-0.2, 0) is 17.8 Å². The lowest BCUT2D eigenvalue weighted by Crippen LogP contribution is -2.38. The van der Waals surface area contributed by atoms with Gasteiger partial charge in [-0.1, -0.05) is 30.3 Å². The van der Waals surface area contributed by atoms with Crippen molar-refractivity contribution in [1.82, 2.24) is 10.3 Å². The molecule has 0 unspecified atom stereocenters. The van der Waals surface area contributed by atoms with Gasteiger partial charge >= 0.3 is 5.97 Å². The number of H-pyrrole nitrogens is 1. The van der Waals surface area contributed by atoms with Gasteiger partial charge in [-0.25, -0.2) is 0 Å². The number of fused-ring (bicyclic) bond motifs is 1. The van der Waals surface area contributed by atoms with E-state index in [-0.39, 0.29) is 0 Å². The molecule has 0 amide bonds. The number of rotatable bonds is 8. The van der Waals surface area contributed by atoms with E-state index in [2.05, 4.69) is 10.3 Å². The summed E-state index contributed by atoms with van der Waals surface area (Å²) in [7, 11) is 0. The summed E-state index contributed by atoms with van der Waals surface area (Å²) in [4.78, 5) is 14.8. The maximum atomic E-state index is 11.6. The Morgan fingerprint density at radius 2 is 1.96 bits per heavy atom. The molecule has 2 aromatic carbocycles. The van der Waals surface area contributed by atoms with E-state index in [1.165, 1.54) is 0 Å². The summed E-state index contributed by atoms with van der Waals surface area (Å²) < 4.78 is 5.42. The molecular weight excluding hydrogens is 316 g/mol. The van der Waals surface area contributed by atoms with Gasteiger partial charge in [0.05, 0.1) is 6.61 Å². The predicted octanol–water partition coefficient (Wildman–Crippen LogP) is 3.35. The van der Waals surface area contributed by atoms with E-state index in [9.17, 15) is 9.90 Å². The summed E-state index contributed by atoms with van der Waals surface area (Å²) in [6.45, 7) is 3.06. The summed E-state index contributed by atoms with van der Waals surface area (Å²) in [6, 6.07) is 15.0. The van der Waals surface area contributed by atoms with Gasteiger partial charge in [-0.3, -0.25) is 4.79 Å². The van der Waals surface area contributed by atoms with Crippen LogP contribution in [0.3, 0.4) is 0 Å². The van der Waals surface area contributed by atoms with Crippen LogP contribution < -0.4 is 10.1 Å². The first-order valence-electron chi connectivity index (χ1n) is 8.40. The Kier molecular flexibility index (Phi) is 5.36. The molecule has 0 aliphatic heterocycles. The molecule has 3 aromatic rings. The topological polar surface area (TPSA) is 74.3 Å². The van der Waals surface area contributed by atoms with Gasteiger partial charge in [-0.2, -0.15) is 0 Å². The number of hydrogen-bond donors (Lipinski definition) is 3. The third kappa shape index (κ3) is 4.19. The molecule has 0 aliphatic carbocycles. The largest absolute Gasteiger partial charge is 0.494 e. The van der Waals surface area contributed by atoms with E-state index < -0.39 is 12.0 Å². The maximum absolute atomic E-state index is 11.6. The van der Waals surface area contributed by atoms with Crippen molar-refractivity contribution in [2.75, 3.05) is 6.61 Å². The van der Waals surface area contributed by atoms with E-state index in [1.807, 2.05) is 61.7 Å². The highest BCUT2D eigenvalue weighted by Gasteiger charge is 2.19. The van der Waals surface area contributed by atoms with Crippen molar-refractivity contribution in [2.45, 2.75) is 25.9 Å². The van der Waals surface area contributed by atoms with Crippen LogP contribution in [0.1, 0.15) is 18.1 Å². The van der Waals surface area contributed by atoms with E-state index in [0.29, 0.717) is 19.6 Å². The average molecular weight is 338 g/mol. The fourth-order valence-electron chi connectivity index (χ4n) is 2.88. The zero-order chi connectivity index (χ0) is 17.6. The molecule has 0 radical (unpaired) electrons. The van der Waals surface area contributed by atoms with Crippen molar-refractivity contribution in [3.05, 3.63) is 65.9 Å². The van der Waals surface area contributed by atoms with E-state index in [0.717, 1.165) is 27.8 Å². The normalized spacial score (nSPS) is 12.2. The zero-order valence-corrected chi connectivity index (χ0v) is 14.2. The fraction of sp³-hybridized carbons (Fsp3) is 0.250. The summed E-state index contributed by atoms with van der Waals surface area (Å²) >= 11 is 0. The molecule has 0 spiro atoms. The van der Waals surface area contributed by atoms with Gasteiger partial charge in [0.25, 0.3) is 0 Å². The number of aromatic nitrogens is 1. The lowest BCUT2D eigenvalue weighted by Gasteiger charge is -2.14. The van der Waals surface area contributed by atoms with Crippen molar-refractivity contribution in [1.29, 1.82) is 0 Å². The summed E-state index contributed by atoms with van der Waals surface area (Å²) in [5.41, 5.74) is 3.05. The van der Waals surface area contributed by atoms with Crippen LogP contribution in [0.25, 0.3) is 10.9 Å². The van der Waals surface area contributed by atoms with Gasteiger partial charge in [-0.05, 0) is 36.2 Å². The minimum atomic E-state index is -0.851. The van der Waals surface area contributed by atoms with Gasteiger partial charge in [-0.15, -0.1) is 0 Å². The van der Waals surface area contributed by atoms with Crippen LogP contribution >= 0.6 is 0 Å². The third-order valence-electron chi connectivity index (χ3n) is 4.18. The molecule has 3 N–H and O–H groups in total. The Hall–Kier alpha value is -2.79. The number of para-hydroxylation sites is 1. The Bertz CT molecular complexity index is 840. The van der Waals surface area contributed by atoms with Crippen LogP contribution in [0.4, 0.5) is 0 Å². The number of nitrogens with one attached hydrogen (secondary N) is 2. The Morgan fingerprint density at radius 3 is 2.68 bits per heavy atom. The molecule has 0 fully saturated rings. The Morgan fingerprint density at radius 1 is 1.20 bits per heavy atom. The van der Waals surface area contributed by atoms with Crippen molar-refractivity contribution in [3.8, 4) is 5.75 Å². The van der Waals surface area contributed by atoms with Crippen LogP contribution in [0.5, 0.6) is 5.75 Å². The second kappa shape index (κ2) is 7.85.